The zero-order chi connectivity index (χ0) is 28.3. The third-order valence-corrected chi connectivity index (χ3v) is 7.18. The van der Waals surface area contributed by atoms with Crippen molar-refractivity contribution in [2.45, 2.75) is 54.1 Å². The van der Waals surface area contributed by atoms with E-state index in [1.165, 1.54) is 11.3 Å². The third-order valence-electron chi connectivity index (χ3n) is 7.18. The van der Waals surface area contributed by atoms with Crippen LogP contribution in [0.25, 0.3) is 22.5 Å². The molecule has 5 rings (SSSR count). The second kappa shape index (κ2) is 11.9. The van der Waals surface area contributed by atoms with Crippen LogP contribution in [-0.2, 0) is 24.2 Å². The number of imidazole rings is 1. The largest absolute Gasteiger partial charge is 0.383 e. The molecule has 4 aromatic rings. The average molecular weight is 543 g/mol. The second-order valence-corrected chi connectivity index (χ2v) is 12.4. The molecule has 40 heavy (non-hydrogen) atoms. The standard InChI is InChI=1S/C31H42N8O/c1-22(2)18-37-20-27-30(38(21-37)15-16-40-6)32-28(17-31(3,4)5)39(27)19-23-11-13-24(14-12-23)25-9-7-8-10-26(25)29-33-35-36-34-29/h7-14,22H,15-21H2,1-6H3,(H,33,34,35,36). The highest BCUT2D eigenvalue weighted by Gasteiger charge is 2.30. The van der Waals surface area contributed by atoms with Gasteiger partial charge in [-0.25, -0.2) is 10.1 Å². The second-order valence-electron chi connectivity index (χ2n) is 12.4. The Kier molecular flexibility index (Phi) is 8.32. The summed E-state index contributed by atoms with van der Waals surface area (Å²) in [5, 5.41) is 14.5. The Bertz CT molecular complexity index is 1390. The van der Waals surface area contributed by atoms with E-state index in [0.29, 0.717) is 18.3 Å². The maximum absolute atomic E-state index is 5.46. The Hall–Kier alpha value is -3.56. The van der Waals surface area contributed by atoms with Gasteiger partial charge in [0, 0.05) is 45.3 Å². The van der Waals surface area contributed by atoms with Crippen molar-refractivity contribution in [3.05, 3.63) is 65.6 Å². The lowest BCUT2D eigenvalue weighted by atomic mass is 9.92. The summed E-state index contributed by atoms with van der Waals surface area (Å²) in [6.07, 6.45) is 0.916. The highest BCUT2D eigenvalue weighted by molar-refractivity contribution is 5.80. The van der Waals surface area contributed by atoms with Crippen LogP contribution in [0.1, 0.15) is 51.7 Å². The van der Waals surface area contributed by atoms with Crippen molar-refractivity contribution in [1.29, 1.82) is 0 Å². The van der Waals surface area contributed by atoms with Crippen molar-refractivity contribution >= 4 is 5.82 Å². The van der Waals surface area contributed by atoms with E-state index in [1.54, 1.807) is 7.11 Å². The smallest absolute Gasteiger partial charge is 0.180 e. The summed E-state index contributed by atoms with van der Waals surface area (Å²) in [4.78, 5) is 10.2. The molecule has 0 spiro atoms. The predicted molar refractivity (Wildman–Crippen MR) is 159 cm³/mol. The first-order valence-electron chi connectivity index (χ1n) is 14.2. The van der Waals surface area contributed by atoms with E-state index in [4.69, 9.17) is 9.72 Å². The van der Waals surface area contributed by atoms with Gasteiger partial charge in [0.2, 0.25) is 0 Å². The van der Waals surface area contributed by atoms with Gasteiger partial charge in [-0.3, -0.25) is 4.90 Å². The van der Waals surface area contributed by atoms with E-state index >= 15 is 0 Å². The van der Waals surface area contributed by atoms with Gasteiger partial charge in [0.15, 0.2) is 11.6 Å². The first-order valence-corrected chi connectivity index (χ1v) is 14.2. The molecule has 0 saturated heterocycles. The fourth-order valence-corrected chi connectivity index (χ4v) is 5.50. The fourth-order valence-electron chi connectivity index (χ4n) is 5.50. The lowest BCUT2D eigenvalue weighted by Gasteiger charge is -2.37. The number of anilines is 1. The van der Waals surface area contributed by atoms with Crippen molar-refractivity contribution < 1.29 is 4.74 Å². The number of aromatic nitrogens is 6. The number of hydrogen-bond acceptors (Lipinski definition) is 7. The highest BCUT2D eigenvalue weighted by Crippen LogP contribution is 2.33. The topological polar surface area (TPSA) is 88.0 Å². The van der Waals surface area contributed by atoms with Crippen LogP contribution in [-0.4, -0.2) is 68.6 Å². The highest BCUT2D eigenvalue weighted by atomic mass is 16.5. The zero-order valence-corrected chi connectivity index (χ0v) is 24.7. The van der Waals surface area contributed by atoms with Crippen molar-refractivity contribution in [1.82, 2.24) is 35.1 Å². The molecule has 9 nitrogen and oxygen atoms in total. The van der Waals surface area contributed by atoms with Crippen molar-refractivity contribution in [3.63, 3.8) is 0 Å². The van der Waals surface area contributed by atoms with Gasteiger partial charge in [0.1, 0.15) is 5.82 Å². The number of rotatable bonds is 10. The SMILES string of the molecule is COCCN1CN(CC(C)C)Cc2c1nc(CC(C)(C)C)n2Cc1ccc(-c2ccccc2-c2nnn[nH]2)cc1. The van der Waals surface area contributed by atoms with Gasteiger partial charge in [0.05, 0.1) is 19.0 Å². The molecule has 1 aliphatic heterocycles. The molecule has 0 bridgehead atoms. The lowest BCUT2D eigenvalue weighted by molar-refractivity contribution is 0.184. The average Bonchev–Trinajstić information content (AvgIpc) is 3.56. The summed E-state index contributed by atoms with van der Waals surface area (Å²) >= 11 is 0. The van der Waals surface area contributed by atoms with E-state index in [2.05, 4.69) is 99.9 Å². The minimum Gasteiger partial charge on any atom is -0.383 e. The Morgan fingerprint density at radius 1 is 1.02 bits per heavy atom. The summed E-state index contributed by atoms with van der Waals surface area (Å²) < 4.78 is 7.93. The molecule has 212 valence electrons. The van der Waals surface area contributed by atoms with Crippen molar-refractivity contribution in [2.75, 3.05) is 38.4 Å². The van der Waals surface area contributed by atoms with E-state index < -0.39 is 0 Å². The summed E-state index contributed by atoms with van der Waals surface area (Å²) in [5.74, 6) is 3.53. The number of tetrazole rings is 1. The van der Waals surface area contributed by atoms with Gasteiger partial charge >= 0.3 is 0 Å². The van der Waals surface area contributed by atoms with Crippen molar-refractivity contribution in [3.8, 4) is 22.5 Å². The number of aromatic amines is 1. The van der Waals surface area contributed by atoms with Crippen LogP contribution in [0.4, 0.5) is 5.82 Å². The molecule has 2 aromatic heterocycles. The van der Waals surface area contributed by atoms with Gasteiger partial charge < -0.3 is 14.2 Å². The van der Waals surface area contributed by atoms with Gasteiger partial charge in [-0.05, 0) is 38.5 Å². The molecule has 0 fully saturated rings. The quantitative estimate of drug-likeness (QED) is 0.293. The summed E-state index contributed by atoms with van der Waals surface area (Å²) in [5.41, 5.74) is 5.89. The van der Waals surface area contributed by atoms with Crippen LogP contribution in [0.15, 0.2) is 48.5 Å². The number of hydrogen-bond donors (Lipinski definition) is 1. The molecule has 0 radical (unpaired) electrons. The van der Waals surface area contributed by atoms with Gasteiger partial charge in [-0.1, -0.05) is 83.1 Å². The molecule has 2 aromatic carbocycles. The predicted octanol–water partition coefficient (Wildman–Crippen LogP) is 5.25. The maximum Gasteiger partial charge on any atom is 0.180 e. The molecule has 1 N–H and O–H groups in total. The van der Waals surface area contributed by atoms with E-state index in [1.807, 2.05) is 18.2 Å². The summed E-state index contributed by atoms with van der Waals surface area (Å²) in [6.45, 7) is 16.6. The molecule has 0 amide bonds. The minimum absolute atomic E-state index is 0.129. The number of fused-ring (bicyclic) bond motifs is 1. The Morgan fingerprint density at radius 3 is 2.42 bits per heavy atom. The molecule has 0 aliphatic carbocycles. The number of ether oxygens (including phenoxy) is 1. The first kappa shape index (κ1) is 28.0. The third kappa shape index (κ3) is 6.42. The van der Waals surface area contributed by atoms with E-state index in [-0.39, 0.29) is 5.41 Å². The number of nitrogens with zero attached hydrogens (tertiary/aromatic N) is 7. The normalized spacial score (nSPS) is 14.2. The molecule has 1 aliphatic rings. The molecule has 0 atom stereocenters. The van der Waals surface area contributed by atoms with Gasteiger partial charge in [-0.15, -0.1) is 5.10 Å². The van der Waals surface area contributed by atoms with Crippen molar-refractivity contribution in [2.24, 2.45) is 11.3 Å². The molecule has 0 unspecified atom stereocenters. The van der Waals surface area contributed by atoms with E-state index in [9.17, 15) is 0 Å². The van der Waals surface area contributed by atoms with Gasteiger partial charge in [0.25, 0.3) is 0 Å². The number of benzene rings is 2. The van der Waals surface area contributed by atoms with Crippen LogP contribution < -0.4 is 4.90 Å². The van der Waals surface area contributed by atoms with Crippen LogP contribution in [0.5, 0.6) is 0 Å². The Morgan fingerprint density at radius 2 is 1.77 bits per heavy atom. The van der Waals surface area contributed by atoms with Crippen LogP contribution in [0.2, 0.25) is 0 Å². The Labute approximate surface area is 237 Å². The molecular weight excluding hydrogens is 500 g/mol. The summed E-state index contributed by atoms with van der Waals surface area (Å²) in [7, 11) is 1.77. The maximum atomic E-state index is 5.46. The summed E-state index contributed by atoms with van der Waals surface area (Å²) in [6, 6.07) is 17.1. The number of methoxy groups -OCH3 is 1. The van der Waals surface area contributed by atoms with Gasteiger partial charge in [-0.2, -0.15) is 0 Å². The van der Waals surface area contributed by atoms with Crippen LogP contribution >= 0.6 is 0 Å². The molecule has 3 heterocycles. The molecular formula is C31H42N8O. The monoisotopic (exact) mass is 542 g/mol. The van der Waals surface area contributed by atoms with Crippen LogP contribution in [0.3, 0.4) is 0 Å². The molecule has 9 heteroatoms. The number of H-pyrrole nitrogens is 1. The molecule has 0 saturated carbocycles. The first-order chi connectivity index (χ1) is 19.2. The Balaban J connectivity index is 1.48. The minimum atomic E-state index is 0.129. The zero-order valence-electron chi connectivity index (χ0n) is 24.7. The van der Waals surface area contributed by atoms with Crippen LogP contribution in [0, 0.1) is 11.3 Å². The van der Waals surface area contributed by atoms with E-state index in [0.717, 1.165) is 67.6 Å². The lowest BCUT2D eigenvalue weighted by Crippen LogP contribution is -2.45. The number of nitrogens with one attached hydrogen (secondary N) is 1. The fraction of sp³-hybridized carbons (Fsp3) is 0.484.